The third-order valence-electron chi connectivity index (χ3n) is 5.16. The van der Waals surface area contributed by atoms with Gasteiger partial charge in [-0.3, -0.25) is 10.2 Å². The van der Waals surface area contributed by atoms with Gasteiger partial charge in [-0.05, 0) is 62.5 Å². The lowest BCUT2D eigenvalue weighted by molar-refractivity contribution is 0.0958. The number of nitrogens with zero attached hydrogens (tertiary/aromatic N) is 2. The molecule has 1 aliphatic carbocycles. The maximum Gasteiger partial charge on any atom is 0.294 e. The van der Waals surface area contributed by atoms with Crippen LogP contribution in [-0.4, -0.2) is 23.3 Å². The van der Waals surface area contributed by atoms with Crippen LogP contribution in [0, 0.1) is 19.3 Å². The van der Waals surface area contributed by atoms with Gasteiger partial charge in [0.25, 0.3) is 5.91 Å². The van der Waals surface area contributed by atoms with Crippen molar-refractivity contribution in [3.63, 3.8) is 0 Å². The Morgan fingerprint density at radius 2 is 2.07 bits per heavy atom. The normalized spacial score (nSPS) is 16.4. The maximum atomic E-state index is 13.4. The van der Waals surface area contributed by atoms with Crippen LogP contribution in [0.2, 0.25) is 0 Å². The summed E-state index contributed by atoms with van der Waals surface area (Å²) in [6, 6.07) is 7.91. The van der Waals surface area contributed by atoms with E-state index >= 15 is 0 Å². The second-order valence-corrected chi connectivity index (χ2v) is 8.73. The highest BCUT2D eigenvalue weighted by Gasteiger charge is 2.37. The zero-order chi connectivity index (χ0) is 21.3. The summed E-state index contributed by atoms with van der Waals surface area (Å²) in [5.74, 6) is 0.995. The van der Waals surface area contributed by atoms with Gasteiger partial charge < -0.3 is 15.1 Å². The molecule has 0 bridgehead atoms. The summed E-state index contributed by atoms with van der Waals surface area (Å²) in [6.07, 6.45) is 1.47. The molecule has 0 atom stereocenters. The molecule has 154 valence electrons. The first-order valence-corrected chi connectivity index (χ1v) is 10.2. The van der Waals surface area contributed by atoms with Gasteiger partial charge in [-0.25, -0.2) is 0 Å². The van der Waals surface area contributed by atoms with E-state index < -0.39 is 0 Å². The van der Waals surface area contributed by atoms with Crippen LogP contribution in [0.5, 0.6) is 0 Å². The molecule has 2 aromatic rings. The zero-order valence-corrected chi connectivity index (χ0v) is 18.4. The number of nitrogens with one attached hydrogen (secondary N) is 1. The minimum absolute atomic E-state index is 0.0463. The molecule has 1 aromatic carbocycles. The van der Waals surface area contributed by atoms with Gasteiger partial charge in [0, 0.05) is 29.8 Å². The van der Waals surface area contributed by atoms with Gasteiger partial charge in [-0.1, -0.05) is 26.0 Å². The molecule has 1 aliphatic rings. The molecule has 1 amide bonds. The molecule has 7 heteroatoms. The minimum atomic E-state index is -0.149. The number of hydrogen-bond donors (Lipinski definition) is 2. The molecular weight excluding hydrogens is 384 g/mol. The Bertz CT molecular complexity index is 991. The molecule has 3 rings (SSSR count). The first kappa shape index (κ1) is 21.0. The van der Waals surface area contributed by atoms with Crippen molar-refractivity contribution in [1.29, 1.82) is 0 Å². The Labute approximate surface area is 177 Å². The number of furan rings is 1. The number of aryl methyl sites for hydroxylation is 1. The fourth-order valence-electron chi connectivity index (χ4n) is 3.90. The molecule has 0 saturated heterocycles. The second kappa shape index (κ2) is 7.99. The number of nitrogens with two attached hydrogens (primary N) is 1. The standard InChI is InChI=1S/C22H28N4O2S/c1-6-26(15-9-7-8-13(2)10-15)20(27)19-14(3)18-16(24-25-21(23)29)11-22(4,5)12-17(18)28-19/h7-10H,6,11-12H2,1-5H3,(H3,23,25,29)/b24-16-. The quantitative estimate of drug-likeness (QED) is 0.584. The lowest BCUT2D eigenvalue weighted by Gasteiger charge is -2.29. The number of carbonyl (C=O) groups excluding carboxylic acids is 1. The molecule has 0 unspecified atom stereocenters. The predicted molar refractivity (Wildman–Crippen MR) is 121 cm³/mol. The Kier molecular flexibility index (Phi) is 5.80. The Balaban J connectivity index is 2.05. The van der Waals surface area contributed by atoms with Crippen LogP contribution >= 0.6 is 12.2 Å². The van der Waals surface area contributed by atoms with Crippen molar-refractivity contribution in [3.05, 3.63) is 52.5 Å². The fourth-order valence-corrected chi connectivity index (χ4v) is 3.94. The third-order valence-corrected chi connectivity index (χ3v) is 5.25. The Hall–Kier alpha value is -2.67. The second-order valence-electron chi connectivity index (χ2n) is 8.30. The Morgan fingerprint density at radius 1 is 1.34 bits per heavy atom. The van der Waals surface area contributed by atoms with Gasteiger partial charge in [0.2, 0.25) is 0 Å². The van der Waals surface area contributed by atoms with E-state index in [4.69, 9.17) is 22.4 Å². The van der Waals surface area contributed by atoms with Gasteiger partial charge >= 0.3 is 0 Å². The summed E-state index contributed by atoms with van der Waals surface area (Å²) in [5.41, 5.74) is 12.6. The third kappa shape index (κ3) is 4.34. The van der Waals surface area contributed by atoms with Crippen LogP contribution in [0.4, 0.5) is 5.69 Å². The van der Waals surface area contributed by atoms with E-state index in [-0.39, 0.29) is 16.4 Å². The van der Waals surface area contributed by atoms with Crippen molar-refractivity contribution >= 4 is 34.6 Å². The monoisotopic (exact) mass is 412 g/mol. The number of benzene rings is 1. The first-order chi connectivity index (χ1) is 13.6. The van der Waals surface area contributed by atoms with E-state index in [0.717, 1.165) is 46.7 Å². The number of amides is 1. The highest BCUT2D eigenvalue weighted by molar-refractivity contribution is 7.80. The molecular formula is C22H28N4O2S. The highest BCUT2D eigenvalue weighted by atomic mass is 32.1. The SMILES string of the molecule is CCN(C(=O)c1oc2c(c1C)/C(=N\NC(N)=S)CC(C)(C)C2)c1cccc(C)c1. The lowest BCUT2D eigenvalue weighted by Crippen LogP contribution is -2.31. The van der Waals surface area contributed by atoms with Gasteiger partial charge in [0.1, 0.15) is 5.76 Å². The Morgan fingerprint density at radius 3 is 2.69 bits per heavy atom. The van der Waals surface area contributed by atoms with Crippen molar-refractivity contribution in [2.45, 2.75) is 47.5 Å². The van der Waals surface area contributed by atoms with Crippen LogP contribution < -0.4 is 16.1 Å². The predicted octanol–water partition coefficient (Wildman–Crippen LogP) is 4.07. The average Bonchev–Trinajstić information content (AvgIpc) is 2.95. The van der Waals surface area contributed by atoms with E-state index in [9.17, 15) is 4.79 Å². The van der Waals surface area contributed by atoms with E-state index in [1.54, 1.807) is 4.90 Å². The van der Waals surface area contributed by atoms with Crippen molar-refractivity contribution < 1.29 is 9.21 Å². The van der Waals surface area contributed by atoms with Gasteiger partial charge in [-0.15, -0.1) is 0 Å². The summed E-state index contributed by atoms with van der Waals surface area (Å²) >= 11 is 4.89. The van der Waals surface area contributed by atoms with Crippen LogP contribution in [0.25, 0.3) is 0 Å². The molecule has 6 nitrogen and oxygen atoms in total. The summed E-state index contributed by atoms with van der Waals surface area (Å²) in [6.45, 7) is 10.7. The number of carbonyl (C=O) groups is 1. The molecule has 0 saturated carbocycles. The van der Waals surface area contributed by atoms with Crippen molar-refractivity contribution in [2.75, 3.05) is 11.4 Å². The topological polar surface area (TPSA) is 83.9 Å². The van der Waals surface area contributed by atoms with Crippen molar-refractivity contribution in [3.8, 4) is 0 Å². The minimum Gasteiger partial charge on any atom is -0.455 e. The molecule has 0 aliphatic heterocycles. The number of rotatable bonds is 4. The van der Waals surface area contributed by atoms with Gasteiger partial charge in [0.15, 0.2) is 10.9 Å². The van der Waals surface area contributed by atoms with Crippen molar-refractivity contribution in [1.82, 2.24) is 5.43 Å². The van der Waals surface area contributed by atoms with Crippen LogP contribution in [0.1, 0.15) is 60.2 Å². The molecule has 1 aromatic heterocycles. The van der Waals surface area contributed by atoms with E-state index in [2.05, 4.69) is 24.4 Å². The smallest absolute Gasteiger partial charge is 0.294 e. The summed E-state index contributed by atoms with van der Waals surface area (Å²) < 4.78 is 6.14. The molecule has 0 fully saturated rings. The van der Waals surface area contributed by atoms with E-state index in [1.165, 1.54) is 0 Å². The summed E-state index contributed by atoms with van der Waals surface area (Å²) in [5, 5.41) is 4.51. The highest BCUT2D eigenvalue weighted by Crippen LogP contribution is 2.39. The number of fused-ring (bicyclic) bond motifs is 1. The van der Waals surface area contributed by atoms with Crippen LogP contribution in [-0.2, 0) is 6.42 Å². The van der Waals surface area contributed by atoms with Crippen LogP contribution in [0.15, 0.2) is 33.8 Å². The fraction of sp³-hybridized carbons (Fsp3) is 0.409. The number of hydrogen-bond acceptors (Lipinski definition) is 4. The summed E-state index contributed by atoms with van der Waals surface area (Å²) in [4.78, 5) is 15.1. The molecule has 0 radical (unpaired) electrons. The zero-order valence-electron chi connectivity index (χ0n) is 17.6. The van der Waals surface area contributed by atoms with Gasteiger partial charge in [0.05, 0.1) is 5.71 Å². The molecule has 1 heterocycles. The van der Waals surface area contributed by atoms with Crippen molar-refractivity contribution in [2.24, 2.45) is 16.3 Å². The molecule has 3 N–H and O–H groups in total. The van der Waals surface area contributed by atoms with E-state index in [1.807, 2.05) is 45.0 Å². The molecule has 0 spiro atoms. The summed E-state index contributed by atoms with van der Waals surface area (Å²) in [7, 11) is 0. The van der Waals surface area contributed by atoms with Crippen LogP contribution in [0.3, 0.4) is 0 Å². The molecule has 29 heavy (non-hydrogen) atoms. The maximum absolute atomic E-state index is 13.4. The average molecular weight is 413 g/mol. The largest absolute Gasteiger partial charge is 0.455 e. The number of hydrazone groups is 1. The lowest BCUT2D eigenvalue weighted by atomic mass is 9.75. The number of thiocarbonyl (C=S) groups is 1. The first-order valence-electron chi connectivity index (χ1n) is 9.76. The van der Waals surface area contributed by atoms with E-state index in [0.29, 0.717) is 12.3 Å². The number of anilines is 1. The van der Waals surface area contributed by atoms with Gasteiger partial charge in [-0.2, -0.15) is 5.10 Å².